The molecule has 0 spiro atoms. The van der Waals surface area contributed by atoms with Gasteiger partial charge < -0.3 is 10.6 Å². The fourth-order valence-electron chi connectivity index (χ4n) is 4.96. The molecule has 0 aromatic heterocycles. The van der Waals surface area contributed by atoms with E-state index in [1.165, 1.54) is 11.1 Å². The molecule has 32 heavy (non-hydrogen) atoms. The summed E-state index contributed by atoms with van der Waals surface area (Å²) in [6.07, 6.45) is 0. The third kappa shape index (κ3) is 3.61. The zero-order valence-corrected chi connectivity index (χ0v) is 19.4. The Hall–Kier alpha value is -2.37. The number of fused-ring (bicyclic) bond motifs is 3. The molecule has 1 atom stereocenters. The fourth-order valence-corrected chi connectivity index (χ4v) is 5.37. The Bertz CT molecular complexity index is 1190. The summed E-state index contributed by atoms with van der Waals surface area (Å²) in [5.41, 5.74) is 7.20. The van der Waals surface area contributed by atoms with Crippen LogP contribution in [0.15, 0.2) is 54.6 Å². The van der Waals surface area contributed by atoms with Gasteiger partial charge in [-0.15, -0.1) is 0 Å². The molecule has 2 N–H and O–H groups in total. The van der Waals surface area contributed by atoms with Gasteiger partial charge in [0, 0.05) is 43.9 Å². The van der Waals surface area contributed by atoms with Crippen molar-refractivity contribution >= 4 is 29.1 Å². The van der Waals surface area contributed by atoms with E-state index in [1.807, 2.05) is 25.1 Å². The number of halogens is 2. The molecule has 4 nitrogen and oxygen atoms in total. The predicted molar refractivity (Wildman–Crippen MR) is 132 cm³/mol. The molecule has 1 aliphatic carbocycles. The quantitative estimate of drug-likeness (QED) is 0.543. The number of hydrogen-bond donors (Lipinski definition) is 2. The summed E-state index contributed by atoms with van der Waals surface area (Å²) in [6.45, 7) is 6.33. The summed E-state index contributed by atoms with van der Waals surface area (Å²) in [5, 5.41) is 7.41. The van der Waals surface area contributed by atoms with Crippen molar-refractivity contribution in [3.05, 3.63) is 81.3 Å². The Morgan fingerprint density at radius 1 is 1.00 bits per heavy atom. The zero-order valence-electron chi connectivity index (χ0n) is 17.9. The van der Waals surface area contributed by atoms with Gasteiger partial charge >= 0.3 is 0 Å². The first-order chi connectivity index (χ1) is 15.6. The van der Waals surface area contributed by atoms with E-state index in [9.17, 15) is 4.79 Å². The molecular weight excluding hydrogens is 441 g/mol. The second kappa shape index (κ2) is 8.87. The van der Waals surface area contributed by atoms with Crippen LogP contribution in [-0.2, 0) is 0 Å². The largest absolute Gasteiger partial charge is 0.352 e. The second-order valence-electron chi connectivity index (χ2n) is 8.22. The van der Waals surface area contributed by atoms with Gasteiger partial charge in [0.2, 0.25) is 0 Å². The Morgan fingerprint density at radius 3 is 2.53 bits per heavy atom. The summed E-state index contributed by atoms with van der Waals surface area (Å²) < 4.78 is 0. The predicted octanol–water partition coefficient (Wildman–Crippen LogP) is 5.39. The van der Waals surface area contributed by atoms with Crippen LogP contribution in [0.4, 0.5) is 0 Å². The van der Waals surface area contributed by atoms with E-state index in [-0.39, 0.29) is 11.9 Å². The van der Waals surface area contributed by atoms with Crippen molar-refractivity contribution in [2.24, 2.45) is 0 Å². The summed E-state index contributed by atoms with van der Waals surface area (Å²) >= 11 is 13.1. The molecule has 1 aliphatic heterocycles. The molecule has 164 valence electrons. The minimum atomic E-state index is -0.0790. The maximum Gasteiger partial charge on any atom is 0.251 e. The third-order valence-corrected chi connectivity index (χ3v) is 7.17. The normalized spacial score (nSPS) is 17.7. The molecule has 0 bridgehead atoms. The Kier molecular flexibility index (Phi) is 5.95. The van der Waals surface area contributed by atoms with E-state index in [2.05, 4.69) is 45.9 Å². The van der Waals surface area contributed by atoms with Gasteiger partial charge in [-0.25, -0.2) is 0 Å². The van der Waals surface area contributed by atoms with E-state index in [0.29, 0.717) is 22.2 Å². The standard InChI is InChI=1S/C26H25Cl2N3O/c1-2-30-26(32)16-14-20(18-8-5-9-22(27)24(18)28)23-17-6-3-4-7-19(17)25(21(23)15-16)31-12-10-29-11-13-31/h3-9,14-15,25,29H,2,10-13H2,1H3,(H,30,32). The van der Waals surface area contributed by atoms with Crippen molar-refractivity contribution in [2.45, 2.75) is 13.0 Å². The van der Waals surface area contributed by atoms with Gasteiger partial charge in [0.1, 0.15) is 0 Å². The fraction of sp³-hybridized carbons (Fsp3) is 0.269. The highest BCUT2D eigenvalue weighted by Crippen LogP contribution is 2.52. The van der Waals surface area contributed by atoms with Gasteiger partial charge in [0.25, 0.3) is 5.91 Å². The lowest BCUT2D eigenvalue weighted by molar-refractivity contribution is 0.0955. The molecule has 5 rings (SSSR count). The van der Waals surface area contributed by atoms with Crippen molar-refractivity contribution in [3.8, 4) is 22.3 Å². The van der Waals surface area contributed by atoms with Crippen LogP contribution in [0, 0.1) is 0 Å². The van der Waals surface area contributed by atoms with Gasteiger partial charge in [-0.05, 0) is 52.9 Å². The molecule has 2 aliphatic rings. The van der Waals surface area contributed by atoms with E-state index < -0.39 is 0 Å². The van der Waals surface area contributed by atoms with Gasteiger partial charge in [-0.3, -0.25) is 9.69 Å². The number of rotatable bonds is 4. The first-order valence-electron chi connectivity index (χ1n) is 11.0. The molecule has 0 radical (unpaired) electrons. The average molecular weight is 466 g/mol. The number of carbonyl (C=O) groups is 1. The van der Waals surface area contributed by atoms with E-state index in [4.69, 9.17) is 23.2 Å². The molecule has 1 unspecified atom stereocenters. The minimum absolute atomic E-state index is 0.0790. The molecule has 0 saturated carbocycles. The van der Waals surface area contributed by atoms with Crippen LogP contribution in [0.2, 0.25) is 10.0 Å². The Morgan fingerprint density at radius 2 is 1.75 bits per heavy atom. The van der Waals surface area contributed by atoms with E-state index in [0.717, 1.165) is 48.4 Å². The average Bonchev–Trinajstić information content (AvgIpc) is 3.15. The van der Waals surface area contributed by atoms with Gasteiger partial charge in [-0.2, -0.15) is 0 Å². The lowest BCUT2D eigenvalue weighted by Crippen LogP contribution is -2.45. The molecule has 1 fully saturated rings. The summed E-state index contributed by atoms with van der Waals surface area (Å²) in [6, 6.07) is 18.3. The second-order valence-corrected chi connectivity index (χ2v) is 9.01. The van der Waals surface area contributed by atoms with Crippen LogP contribution in [-0.4, -0.2) is 43.5 Å². The molecule has 1 heterocycles. The number of benzene rings is 3. The highest BCUT2D eigenvalue weighted by molar-refractivity contribution is 6.43. The smallest absolute Gasteiger partial charge is 0.251 e. The maximum atomic E-state index is 12.9. The van der Waals surface area contributed by atoms with Crippen molar-refractivity contribution in [2.75, 3.05) is 32.7 Å². The number of hydrogen-bond acceptors (Lipinski definition) is 3. The van der Waals surface area contributed by atoms with Crippen LogP contribution < -0.4 is 10.6 Å². The van der Waals surface area contributed by atoms with Crippen molar-refractivity contribution in [3.63, 3.8) is 0 Å². The molecule has 3 aromatic rings. The van der Waals surface area contributed by atoms with Crippen LogP contribution in [0.3, 0.4) is 0 Å². The third-order valence-electron chi connectivity index (χ3n) is 6.35. The van der Waals surface area contributed by atoms with Gasteiger partial charge in [0.05, 0.1) is 16.1 Å². The highest BCUT2D eigenvalue weighted by atomic mass is 35.5. The van der Waals surface area contributed by atoms with Crippen LogP contribution >= 0.6 is 23.2 Å². The highest BCUT2D eigenvalue weighted by Gasteiger charge is 2.36. The lowest BCUT2D eigenvalue weighted by atomic mass is 9.91. The maximum absolute atomic E-state index is 12.9. The summed E-state index contributed by atoms with van der Waals surface area (Å²) in [4.78, 5) is 15.4. The number of nitrogens with zero attached hydrogens (tertiary/aromatic N) is 1. The number of piperazine rings is 1. The molecule has 1 saturated heterocycles. The van der Waals surface area contributed by atoms with Gasteiger partial charge in [0.15, 0.2) is 0 Å². The van der Waals surface area contributed by atoms with Crippen molar-refractivity contribution in [1.82, 2.24) is 15.5 Å². The summed E-state index contributed by atoms with van der Waals surface area (Å²) in [7, 11) is 0. The topological polar surface area (TPSA) is 44.4 Å². The van der Waals surface area contributed by atoms with Gasteiger partial charge in [-0.1, -0.05) is 59.6 Å². The summed E-state index contributed by atoms with van der Waals surface area (Å²) in [5.74, 6) is -0.0790. The zero-order chi connectivity index (χ0) is 22.2. The first kappa shape index (κ1) is 21.5. The number of carbonyl (C=O) groups excluding carboxylic acids is 1. The monoisotopic (exact) mass is 465 g/mol. The first-order valence-corrected chi connectivity index (χ1v) is 11.8. The molecule has 1 amide bonds. The van der Waals surface area contributed by atoms with Crippen LogP contribution in [0.5, 0.6) is 0 Å². The number of amides is 1. The molecular formula is C26H25Cl2N3O. The van der Waals surface area contributed by atoms with E-state index in [1.54, 1.807) is 6.07 Å². The van der Waals surface area contributed by atoms with Crippen LogP contribution in [0.25, 0.3) is 22.3 Å². The minimum Gasteiger partial charge on any atom is -0.352 e. The number of nitrogens with one attached hydrogen (secondary N) is 2. The van der Waals surface area contributed by atoms with Crippen LogP contribution in [0.1, 0.15) is 34.5 Å². The SMILES string of the molecule is CCNC(=O)c1cc(-c2cccc(Cl)c2Cl)c2c(c1)C(N1CCNCC1)c1ccccc1-2. The lowest BCUT2D eigenvalue weighted by Gasteiger charge is -2.34. The van der Waals surface area contributed by atoms with E-state index >= 15 is 0 Å². The molecule has 6 heteroatoms. The Balaban J connectivity index is 1.79. The van der Waals surface area contributed by atoms with Crippen molar-refractivity contribution < 1.29 is 4.79 Å². The Labute approximate surface area is 198 Å². The molecule has 3 aromatic carbocycles. The van der Waals surface area contributed by atoms with Crippen molar-refractivity contribution in [1.29, 1.82) is 0 Å².